The summed E-state index contributed by atoms with van der Waals surface area (Å²) in [5.74, 6) is 0.802. The summed E-state index contributed by atoms with van der Waals surface area (Å²) in [6.45, 7) is 2.75. The molecule has 106 valence electrons. The highest BCUT2D eigenvalue weighted by atomic mass is 16.5. The third kappa shape index (κ3) is 4.03. The quantitative estimate of drug-likeness (QED) is 0.841. The van der Waals surface area contributed by atoms with Crippen molar-refractivity contribution in [3.05, 3.63) is 54.1 Å². The zero-order valence-electron chi connectivity index (χ0n) is 12.0. The second-order valence-corrected chi connectivity index (χ2v) is 4.59. The summed E-state index contributed by atoms with van der Waals surface area (Å²) < 4.78 is 5.69. The molecule has 0 aliphatic carbocycles. The van der Waals surface area contributed by atoms with Gasteiger partial charge in [-0.1, -0.05) is 13.0 Å². The van der Waals surface area contributed by atoms with Gasteiger partial charge in [-0.05, 0) is 37.7 Å². The fourth-order valence-electron chi connectivity index (χ4n) is 2.06. The minimum absolute atomic E-state index is 0.303. The Labute approximate surface area is 120 Å². The largest absolute Gasteiger partial charge is 0.492 e. The van der Waals surface area contributed by atoms with Crippen molar-refractivity contribution in [1.29, 1.82) is 0 Å². The fourth-order valence-corrected chi connectivity index (χ4v) is 2.06. The van der Waals surface area contributed by atoms with Crippen LogP contribution < -0.4 is 10.1 Å². The lowest BCUT2D eigenvalue weighted by atomic mass is 10.1. The molecule has 1 unspecified atom stereocenters. The van der Waals surface area contributed by atoms with E-state index in [1.165, 1.54) is 0 Å². The molecule has 2 aromatic rings. The number of pyridine rings is 2. The molecule has 0 amide bonds. The van der Waals surface area contributed by atoms with E-state index >= 15 is 0 Å². The van der Waals surface area contributed by atoms with Gasteiger partial charge in [0.1, 0.15) is 5.75 Å². The van der Waals surface area contributed by atoms with Crippen molar-refractivity contribution < 1.29 is 4.74 Å². The molecule has 4 heteroatoms. The second kappa shape index (κ2) is 7.60. The summed E-state index contributed by atoms with van der Waals surface area (Å²) >= 11 is 0. The van der Waals surface area contributed by atoms with Crippen molar-refractivity contribution in [3.8, 4) is 5.75 Å². The lowest BCUT2D eigenvalue weighted by molar-refractivity contribution is 0.319. The zero-order valence-corrected chi connectivity index (χ0v) is 12.0. The smallest absolute Gasteiger partial charge is 0.137 e. The number of hydrogen-bond donors (Lipinski definition) is 1. The molecule has 4 nitrogen and oxygen atoms in total. The van der Waals surface area contributed by atoms with Crippen molar-refractivity contribution >= 4 is 0 Å². The van der Waals surface area contributed by atoms with E-state index in [4.69, 9.17) is 4.74 Å². The maximum atomic E-state index is 5.69. The first-order chi connectivity index (χ1) is 9.83. The van der Waals surface area contributed by atoms with Crippen molar-refractivity contribution in [2.75, 3.05) is 13.7 Å². The molecule has 0 saturated heterocycles. The minimum Gasteiger partial charge on any atom is -0.492 e. The lowest BCUT2D eigenvalue weighted by Crippen LogP contribution is -2.16. The first-order valence-electron chi connectivity index (χ1n) is 6.99. The Bertz CT molecular complexity index is 495. The molecular weight excluding hydrogens is 250 g/mol. The van der Waals surface area contributed by atoms with Gasteiger partial charge in [0.25, 0.3) is 0 Å². The van der Waals surface area contributed by atoms with E-state index in [-0.39, 0.29) is 0 Å². The summed E-state index contributed by atoms with van der Waals surface area (Å²) in [6, 6.07) is 10.2. The van der Waals surface area contributed by atoms with E-state index in [0.717, 1.165) is 30.0 Å². The average molecular weight is 271 g/mol. The molecule has 0 bridgehead atoms. The zero-order chi connectivity index (χ0) is 14.2. The van der Waals surface area contributed by atoms with E-state index in [2.05, 4.69) is 22.2 Å². The van der Waals surface area contributed by atoms with Crippen LogP contribution in [0.1, 0.15) is 30.8 Å². The topological polar surface area (TPSA) is 47.0 Å². The van der Waals surface area contributed by atoms with Gasteiger partial charge in [0, 0.05) is 24.4 Å². The molecule has 0 radical (unpaired) electrons. The third-order valence-electron chi connectivity index (χ3n) is 3.23. The van der Waals surface area contributed by atoms with Gasteiger partial charge in [0.2, 0.25) is 0 Å². The molecule has 0 saturated carbocycles. The predicted molar refractivity (Wildman–Crippen MR) is 79.8 cm³/mol. The maximum Gasteiger partial charge on any atom is 0.137 e. The van der Waals surface area contributed by atoms with Gasteiger partial charge in [-0.25, -0.2) is 0 Å². The highest BCUT2D eigenvalue weighted by Gasteiger charge is 2.07. The highest BCUT2D eigenvalue weighted by molar-refractivity contribution is 5.21. The maximum absolute atomic E-state index is 5.69. The Hall–Kier alpha value is -1.94. The Morgan fingerprint density at radius 2 is 2.10 bits per heavy atom. The number of nitrogens with zero attached hydrogens (tertiary/aromatic N) is 2. The van der Waals surface area contributed by atoms with Gasteiger partial charge in [-0.2, -0.15) is 0 Å². The molecule has 0 aromatic carbocycles. The third-order valence-corrected chi connectivity index (χ3v) is 3.23. The lowest BCUT2D eigenvalue weighted by Gasteiger charge is -2.13. The van der Waals surface area contributed by atoms with Gasteiger partial charge in [0.15, 0.2) is 0 Å². The Morgan fingerprint density at radius 1 is 1.20 bits per heavy atom. The van der Waals surface area contributed by atoms with Crippen LogP contribution >= 0.6 is 0 Å². The average Bonchev–Trinajstić information content (AvgIpc) is 2.51. The summed E-state index contributed by atoms with van der Waals surface area (Å²) in [4.78, 5) is 8.71. The number of ether oxygens (including phenoxy) is 1. The molecule has 20 heavy (non-hydrogen) atoms. The van der Waals surface area contributed by atoms with E-state index in [1.807, 2.05) is 37.4 Å². The number of aromatic nitrogens is 2. The molecule has 0 fully saturated rings. The van der Waals surface area contributed by atoms with Crippen LogP contribution in [0, 0.1) is 0 Å². The van der Waals surface area contributed by atoms with E-state index in [1.54, 1.807) is 12.4 Å². The standard InChI is InChI=1S/C16H21N3O/c1-3-15(17-2)16-8-7-14(12-19-16)20-11-9-13-6-4-5-10-18-13/h4-8,10,12,15,17H,3,9,11H2,1-2H3. The van der Waals surface area contributed by atoms with Crippen LogP contribution in [0.4, 0.5) is 0 Å². The van der Waals surface area contributed by atoms with E-state index < -0.39 is 0 Å². The monoisotopic (exact) mass is 271 g/mol. The van der Waals surface area contributed by atoms with Gasteiger partial charge in [0.05, 0.1) is 18.5 Å². The van der Waals surface area contributed by atoms with Crippen LogP contribution in [0.3, 0.4) is 0 Å². The summed E-state index contributed by atoms with van der Waals surface area (Å²) in [6.07, 6.45) is 5.40. The van der Waals surface area contributed by atoms with Crippen molar-refractivity contribution in [3.63, 3.8) is 0 Å². The van der Waals surface area contributed by atoms with Crippen LogP contribution in [0.25, 0.3) is 0 Å². The molecule has 0 aliphatic rings. The summed E-state index contributed by atoms with van der Waals surface area (Å²) in [5, 5.41) is 3.24. The van der Waals surface area contributed by atoms with Crippen LogP contribution in [0.5, 0.6) is 5.75 Å². The fraction of sp³-hybridized carbons (Fsp3) is 0.375. The molecule has 2 aromatic heterocycles. The van der Waals surface area contributed by atoms with Crippen LogP contribution in [-0.2, 0) is 6.42 Å². The molecule has 1 atom stereocenters. The molecule has 0 spiro atoms. The van der Waals surface area contributed by atoms with Crippen LogP contribution in [0.15, 0.2) is 42.7 Å². The van der Waals surface area contributed by atoms with Gasteiger partial charge < -0.3 is 10.1 Å². The number of rotatable bonds is 7. The predicted octanol–water partition coefficient (Wildman–Crippen LogP) is 2.77. The summed E-state index contributed by atoms with van der Waals surface area (Å²) in [5.41, 5.74) is 2.09. The Morgan fingerprint density at radius 3 is 2.70 bits per heavy atom. The van der Waals surface area contributed by atoms with E-state index in [0.29, 0.717) is 12.6 Å². The molecule has 2 heterocycles. The number of hydrogen-bond acceptors (Lipinski definition) is 4. The Balaban J connectivity index is 1.85. The number of nitrogens with one attached hydrogen (secondary N) is 1. The SMILES string of the molecule is CCC(NC)c1ccc(OCCc2ccccn2)cn1. The van der Waals surface area contributed by atoms with Crippen LogP contribution in [-0.4, -0.2) is 23.6 Å². The molecule has 1 N–H and O–H groups in total. The van der Waals surface area contributed by atoms with Crippen molar-refractivity contribution in [2.45, 2.75) is 25.8 Å². The molecule has 2 rings (SSSR count). The van der Waals surface area contributed by atoms with Crippen molar-refractivity contribution in [2.24, 2.45) is 0 Å². The van der Waals surface area contributed by atoms with E-state index in [9.17, 15) is 0 Å². The Kier molecular flexibility index (Phi) is 5.50. The van der Waals surface area contributed by atoms with Gasteiger partial charge in [-0.15, -0.1) is 0 Å². The molecular formula is C16H21N3O. The molecule has 0 aliphatic heterocycles. The first kappa shape index (κ1) is 14.5. The van der Waals surface area contributed by atoms with Crippen molar-refractivity contribution in [1.82, 2.24) is 15.3 Å². The van der Waals surface area contributed by atoms with Crippen LogP contribution in [0.2, 0.25) is 0 Å². The van der Waals surface area contributed by atoms with Gasteiger partial charge in [-0.3, -0.25) is 9.97 Å². The minimum atomic E-state index is 0.303. The first-order valence-corrected chi connectivity index (χ1v) is 6.99. The van der Waals surface area contributed by atoms with Gasteiger partial charge >= 0.3 is 0 Å². The second-order valence-electron chi connectivity index (χ2n) is 4.59. The summed E-state index contributed by atoms with van der Waals surface area (Å²) in [7, 11) is 1.95. The normalized spacial score (nSPS) is 12.1. The highest BCUT2D eigenvalue weighted by Crippen LogP contribution is 2.16.